The van der Waals surface area contributed by atoms with Gasteiger partial charge in [0.25, 0.3) is 5.56 Å². The average Bonchev–Trinajstić information content (AvgIpc) is 3.13. The Kier molecular flexibility index (Phi) is 6.38. The number of amides is 1. The van der Waals surface area contributed by atoms with Crippen LogP contribution < -0.4 is 10.9 Å². The highest BCUT2D eigenvalue weighted by Crippen LogP contribution is 2.30. The lowest BCUT2D eigenvalue weighted by Crippen LogP contribution is -2.21. The highest BCUT2D eigenvalue weighted by Gasteiger charge is 2.21. The number of aromatic nitrogens is 3. The molecular weight excluding hydrogens is 392 g/mol. The van der Waals surface area contributed by atoms with E-state index in [4.69, 9.17) is 4.74 Å². The highest BCUT2D eigenvalue weighted by molar-refractivity contribution is 7.16. The maximum absolute atomic E-state index is 12.5. The van der Waals surface area contributed by atoms with Crippen LogP contribution in [-0.2, 0) is 16.1 Å². The minimum atomic E-state index is -0.520. The fourth-order valence-corrected chi connectivity index (χ4v) is 3.85. The number of aryl methyl sites for hydroxylation is 1. The Labute approximate surface area is 171 Å². The molecule has 29 heavy (non-hydrogen) atoms. The van der Waals surface area contributed by atoms with Crippen LogP contribution in [0, 0.1) is 0 Å². The second-order valence-corrected chi connectivity index (χ2v) is 7.82. The van der Waals surface area contributed by atoms with E-state index >= 15 is 0 Å². The summed E-state index contributed by atoms with van der Waals surface area (Å²) in [6, 6.07) is 7.15. The predicted molar refractivity (Wildman–Crippen MR) is 111 cm³/mol. The summed E-state index contributed by atoms with van der Waals surface area (Å²) in [5.74, 6) is -0.666. The lowest BCUT2D eigenvalue weighted by molar-refractivity contribution is -0.116. The number of ether oxygens (including phenoxy) is 1. The molecule has 1 aromatic carbocycles. The first-order valence-corrected chi connectivity index (χ1v) is 10.1. The van der Waals surface area contributed by atoms with Crippen LogP contribution in [0.25, 0.3) is 10.9 Å². The molecule has 0 fully saturated rings. The van der Waals surface area contributed by atoms with Crippen LogP contribution in [0.4, 0.5) is 5.13 Å². The van der Waals surface area contributed by atoms with E-state index in [1.165, 1.54) is 29.3 Å². The Bertz CT molecular complexity index is 1100. The SMILES string of the molecule is COC(=O)c1nc(NC(=O)CCCn2cnc3ccccc3c2=O)sc1C(C)C. The molecule has 0 bridgehead atoms. The van der Waals surface area contributed by atoms with E-state index in [9.17, 15) is 14.4 Å². The van der Waals surface area contributed by atoms with Gasteiger partial charge in [0.05, 0.1) is 24.3 Å². The van der Waals surface area contributed by atoms with E-state index in [2.05, 4.69) is 15.3 Å². The topological polar surface area (TPSA) is 103 Å². The molecule has 0 unspecified atom stereocenters. The van der Waals surface area contributed by atoms with Gasteiger partial charge in [-0.15, -0.1) is 11.3 Å². The third-order valence-electron chi connectivity index (χ3n) is 4.34. The predicted octanol–water partition coefficient (Wildman–Crippen LogP) is 3.18. The van der Waals surface area contributed by atoms with Crippen molar-refractivity contribution in [2.24, 2.45) is 0 Å². The molecule has 0 atom stereocenters. The number of thiazole rings is 1. The van der Waals surface area contributed by atoms with Gasteiger partial charge in [-0.25, -0.2) is 14.8 Å². The van der Waals surface area contributed by atoms with Crippen molar-refractivity contribution in [3.63, 3.8) is 0 Å². The van der Waals surface area contributed by atoms with E-state index in [1.807, 2.05) is 19.9 Å². The molecule has 1 N–H and O–H groups in total. The van der Waals surface area contributed by atoms with Crippen LogP contribution in [0.1, 0.15) is 48.0 Å². The summed E-state index contributed by atoms with van der Waals surface area (Å²) in [6.45, 7) is 4.27. The molecule has 0 saturated heterocycles. The first-order valence-electron chi connectivity index (χ1n) is 9.23. The lowest BCUT2D eigenvalue weighted by Gasteiger charge is -2.06. The van der Waals surface area contributed by atoms with E-state index in [0.29, 0.717) is 29.0 Å². The molecule has 0 aliphatic carbocycles. The van der Waals surface area contributed by atoms with Gasteiger partial charge in [-0.2, -0.15) is 0 Å². The van der Waals surface area contributed by atoms with Crippen molar-refractivity contribution in [2.45, 2.75) is 39.2 Å². The Balaban J connectivity index is 1.61. The fraction of sp³-hybridized carbons (Fsp3) is 0.350. The monoisotopic (exact) mass is 414 g/mol. The van der Waals surface area contributed by atoms with Gasteiger partial charge < -0.3 is 10.1 Å². The van der Waals surface area contributed by atoms with Crippen LogP contribution in [-0.4, -0.2) is 33.5 Å². The van der Waals surface area contributed by atoms with Gasteiger partial charge in [-0.05, 0) is 24.5 Å². The summed E-state index contributed by atoms with van der Waals surface area (Å²) >= 11 is 1.26. The normalized spacial score (nSPS) is 11.0. The quantitative estimate of drug-likeness (QED) is 0.596. The number of rotatable bonds is 7. The third-order valence-corrected chi connectivity index (χ3v) is 5.61. The van der Waals surface area contributed by atoms with Crippen LogP contribution >= 0.6 is 11.3 Å². The molecule has 0 aliphatic rings. The molecule has 2 aromatic heterocycles. The molecule has 0 aliphatic heterocycles. The molecule has 152 valence electrons. The van der Waals surface area contributed by atoms with Crippen molar-refractivity contribution in [2.75, 3.05) is 12.4 Å². The van der Waals surface area contributed by atoms with Crippen LogP contribution in [0.3, 0.4) is 0 Å². The lowest BCUT2D eigenvalue weighted by atomic mass is 10.1. The molecule has 8 nitrogen and oxygen atoms in total. The Morgan fingerprint density at radius 3 is 2.76 bits per heavy atom. The van der Waals surface area contributed by atoms with Crippen molar-refractivity contribution >= 4 is 39.2 Å². The average molecular weight is 414 g/mol. The summed E-state index contributed by atoms with van der Waals surface area (Å²) in [7, 11) is 1.30. The molecule has 2 heterocycles. The van der Waals surface area contributed by atoms with Gasteiger partial charge in [0.15, 0.2) is 10.8 Å². The van der Waals surface area contributed by atoms with Gasteiger partial charge in [0, 0.05) is 17.8 Å². The third kappa shape index (κ3) is 4.68. The number of methoxy groups -OCH3 is 1. The summed E-state index contributed by atoms with van der Waals surface area (Å²) < 4.78 is 6.26. The molecule has 1 amide bonds. The number of fused-ring (bicyclic) bond motifs is 1. The van der Waals surface area contributed by atoms with E-state index in [-0.39, 0.29) is 29.5 Å². The van der Waals surface area contributed by atoms with Crippen molar-refractivity contribution < 1.29 is 14.3 Å². The van der Waals surface area contributed by atoms with Crippen molar-refractivity contribution in [3.8, 4) is 0 Å². The Morgan fingerprint density at radius 1 is 1.28 bits per heavy atom. The van der Waals surface area contributed by atoms with Gasteiger partial charge >= 0.3 is 5.97 Å². The zero-order valence-corrected chi connectivity index (χ0v) is 17.3. The number of hydrogen-bond donors (Lipinski definition) is 1. The summed E-state index contributed by atoms with van der Waals surface area (Å²) in [5, 5.41) is 3.64. The fourth-order valence-electron chi connectivity index (χ4n) is 2.88. The highest BCUT2D eigenvalue weighted by atomic mass is 32.1. The van der Waals surface area contributed by atoms with Crippen LogP contribution in [0.15, 0.2) is 35.4 Å². The number of nitrogens with one attached hydrogen (secondary N) is 1. The van der Waals surface area contributed by atoms with E-state index in [1.54, 1.807) is 18.2 Å². The van der Waals surface area contributed by atoms with E-state index < -0.39 is 5.97 Å². The second-order valence-electron chi connectivity index (χ2n) is 6.79. The molecule has 0 spiro atoms. The number of hydrogen-bond acceptors (Lipinski definition) is 7. The van der Waals surface area contributed by atoms with Crippen molar-refractivity contribution in [1.29, 1.82) is 0 Å². The zero-order valence-electron chi connectivity index (χ0n) is 16.5. The molecule has 3 aromatic rings. The van der Waals surface area contributed by atoms with Crippen LogP contribution in [0.5, 0.6) is 0 Å². The number of carbonyl (C=O) groups is 2. The van der Waals surface area contributed by atoms with Gasteiger partial charge in [0.1, 0.15) is 0 Å². The maximum Gasteiger partial charge on any atom is 0.357 e. The Morgan fingerprint density at radius 2 is 2.03 bits per heavy atom. The number of esters is 1. The minimum absolute atomic E-state index is 0.0829. The largest absolute Gasteiger partial charge is 0.464 e. The first kappa shape index (κ1) is 20.7. The number of carbonyl (C=O) groups excluding carboxylic acids is 2. The standard InChI is InChI=1S/C20H22N4O4S/c1-12(2)17-16(19(27)28-3)23-20(29-17)22-15(25)9-6-10-24-11-21-14-8-5-4-7-13(14)18(24)26/h4-5,7-8,11-12H,6,9-10H2,1-3H3,(H,22,23,25). The zero-order chi connectivity index (χ0) is 21.0. The maximum atomic E-state index is 12.5. The summed E-state index contributed by atoms with van der Waals surface area (Å²) in [5.41, 5.74) is 0.759. The smallest absolute Gasteiger partial charge is 0.357 e. The molecule has 0 radical (unpaired) electrons. The molecule has 3 rings (SSSR count). The van der Waals surface area contributed by atoms with Crippen molar-refractivity contribution in [1.82, 2.24) is 14.5 Å². The Hall–Kier alpha value is -3.07. The minimum Gasteiger partial charge on any atom is -0.464 e. The van der Waals surface area contributed by atoms with E-state index in [0.717, 1.165) is 4.88 Å². The summed E-state index contributed by atoms with van der Waals surface area (Å²) in [6.07, 6.45) is 2.18. The number of nitrogens with zero attached hydrogens (tertiary/aromatic N) is 3. The summed E-state index contributed by atoms with van der Waals surface area (Å²) in [4.78, 5) is 45.8. The molecule has 0 saturated carbocycles. The number of para-hydroxylation sites is 1. The first-order chi connectivity index (χ1) is 13.9. The number of anilines is 1. The van der Waals surface area contributed by atoms with Crippen LogP contribution in [0.2, 0.25) is 0 Å². The molecular formula is C20H22N4O4S. The van der Waals surface area contributed by atoms with Gasteiger partial charge in [-0.3, -0.25) is 14.2 Å². The number of benzene rings is 1. The van der Waals surface area contributed by atoms with Gasteiger partial charge in [0.2, 0.25) is 5.91 Å². The van der Waals surface area contributed by atoms with Gasteiger partial charge in [-0.1, -0.05) is 26.0 Å². The molecule has 9 heteroatoms. The van der Waals surface area contributed by atoms with Crippen molar-refractivity contribution in [3.05, 3.63) is 51.5 Å². The second kappa shape index (κ2) is 8.95.